The molecule has 1 spiro atoms. The van der Waals surface area contributed by atoms with Crippen molar-refractivity contribution in [1.82, 2.24) is 20.0 Å². The molecule has 0 aromatic carbocycles. The van der Waals surface area contributed by atoms with Gasteiger partial charge >= 0.3 is 11.8 Å². The van der Waals surface area contributed by atoms with E-state index < -0.39 is 23.8 Å². The molecule has 3 aliphatic rings. The third-order valence-electron chi connectivity index (χ3n) is 5.44. The predicted octanol–water partition coefficient (Wildman–Crippen LogP) is 0.926. The van der Waals surface area contributed by atoms with Gasteiger partial charge in [0, 0.05) is 26.4 Å². The average molecular weight is 381 g/mol. The van der Waals surface area contributed by atoms with Crippen molar-refractivity contribution >= 4 is 17.5 Å². The highest BCUT2D eigenvalue weighted by Gasteiger charge is 2.48. The lowest BCUT2D eigenvalue weighted by Gasteiger charge is -2.21. The second-order valence-electron chi connectivity index (χ2n) is 7.44. The van der Waals surface area contributed by atoms with Gasteiger partial charge < -0.3 is 15.1 Å². The van der Waals surface area contributed by atoms with E-state index in [0.717, 1.165) is 24.1 Å². The van der Waals surface area contributed by atoms with Crippen molar-refractivity contribution in [3.8, 4) is 0 Å². The zero-order valence-electron chi connectivity index (χ0n) is 15.0. The summed E-state index contributed by atoms with van der Waals surface area (Å²) in [4.78, 5) is 31.2. The van der Waals surface area contributed by atoms with Crippen LogP contribution in [0.3, 0.4) is 0 Å². The lowest BCUT2D eigenvalue weighted by Crippen LogP contribution is -2.44. The summed E-state index contributed by atoms with van der Waals surface area (Å²) in [6, 6.07) is 0. The fourth-order valence-corrected chi connectivity index (χ4v) is 3.72. The van der Waals surface area contributed by atoms with Crippen LogP contribution in [0.15, 0.2) is 11.4 Å². The molecule has 0 radical (unpaired) electrons. The number of oxime groups is 1. The Morgan fingerprint density at radius 1 is 1.44 bits per heavy atom. The van der Waals surface area contributed by atoms with Crippen LogP contribution >= 0.6 is 0 Å². The van der Waals surface area contributed by atoms with Crippen molar-refractivity contribution in [3.05, 3.63) is 17.5 Å². The van der Waals surface area contributed by atoms with E-state index in [9.17, 15) is 18.4 Å². The molecule has 1 unspecified atom stereocenters. The molecule has 1 saturated carbocycles. The minimum atomic E-state index is -2.67. The van der Waals surface area contributed by atoms with E-state index in [1.165, 1.54) is 4.90 Å². The number of alkyl halides is 2. The van der Waals surface area contributed by atoms with Gasteiger partial charge in [-0.25, -0.2) is 8.78 Å². The summed E-state index contributed by atoms with van der Waals surface area (Å²) in [5.74, 6) is -0.914. The Morgan fingerprint density at radius 2 is 2.22 bits per heavy atom. The molecule has 2 aliphatic heterocycles. The van der Waals surface area contributed by atoms with Crippen LogP contribution in [0, 0.1) is 0 Å². The van der Waals surface area contributed by atoms with Gasteiger partial charge in [-0.05, 0) is 24.3 Å². The first kappa shape index (κ1) is 17.9. The van der Waals surface area contributed by atoms with Gasteiger partial charge in [-0.3, -0.25) is 14.3 Å². The van der Waals surface area contributed by atoms with Gasteiger partial charge in [-0.1, -0.05) is 5.16 Å². The molecule has 0 bridgehead atoms. The van der Waals surface area contributed by atoms with E-state index in [4.69, 9.17) is 4.84 Å². The first-order valence-electron chi connectivity index (χ1n) is 8.99. The Morgan fingerprint density at radius 3 is 2.89 bits per heavy atom. The molecule has 10 heteroatoms. The molecule has 1 atom stereocenters. The lowest BCUT2D eigenvalue weighted by atomic mass is 9.97. The molecule has 3 heterocycles. The first-order chi connectivity index (χ1) is 12.9. The van der Waals surface area contributed by atoms with Gasteiger partial charge in [-0.2, -0.15) is 5.10 Å². The van der Waals surface area contributed by atoms with E-state index in [1.54, 1.807) is 11.7 Å². The van der Waals surface area contributed by atoms with Crippen molar-refractivity contribution in [2.45, 2.75) is 50.2 Å². The normalized spacial score (nSPS) is 24.4. The molecule has 1 saturated heterocycles. The number of amides is 2. The number of aryl methyl sites for hydroxylation is 1. The number of carbonyl (C=O) groups excluding carboxylic acids is 2. The molecule has 2 fully saturated rings. The number of halogens is 2. The largest absolute Gasteiger partial charge is 0.387 e. The maximum absolute atomic E-state index is 12.8. The third kappa shape index (κ3) is 3.40. The molecule has 146 valence electrons. The van der Waals surface area contributed by atoms with Gasteiger partial charge in [0.25, 0.3) is 6.43 Å². The Hall–Kier alpha value is -2.52. The van der Waals surface area contributed by atoms with Crippen LogP contribution in [-0.4, -0.2) is 57.3 Å². The number of hydrogen-bond acceptors (Lipinski definition) is 5. The maximum Gasteiger partial charge on any atom is 0.312 e. The summed E-state index contributed by atoms with van der Waals surface area (Å²) >= 11 is 0. The monoisotopic (exact) mass is 381 g/mol. The van der Waals surface area contributed by atoms with Gasteiger partial charge in [0.1, 0.15) is 5.71 Å². The van der Waals surface area contributed by atoms with Gasteiger partial charge in [0.05, 0.1) is 25.0 Å². The van der Waals surface area contributed by atoms with Crippen LogP contribution in [0.2, 0.25) is 0 Å². The zero-order valence-corrected chi connectivity index (χ0v) is 15.0. The highest BCUT2D eigenvalue weighted by molar-refractivity contribution is 6.35. The minimum absolute atomic E-state index is 0.0180. The van der Waals surface area contributed by atoms with Gasteiger partial charge in [0.15, 0.2) is 5.60 Å². The zero-order chi connectivity index (χ0) is 19.2. The fraction of sp³-hybridized carbons (Fsp3) is 0.647. The second-order valence-corrected chi connectivity index (χ2v) is 7.44. The average Bonchev–Trinajstić information content (AvgIpc) is 3.11. The van der Waals surface area contributed by atoms with E-state index in [2.05, 4.69) is 15.6 Å². The number of carbonyl (C=O) groups is 2. The molecular weight excluding hydrogens is 360 g/mol. The molecule has 8 nitrogen and oxygen atoms in total. The SMILES string of the molecule is Cn1ncc(C2CC2)c1CNC(=O)C(=O)N1CCC2(CC(C(F)F)=NO2)C1. The van der Waals surface area contributed by atoms with Gasteiger partial charge in [-0.15, -0.1) is 0 Å². The Bertz CT molecular complexity index is 804. The van der Waals surface area contributed by atoms with E-state index >= 15 is 0 Å². The topological polar surface area (TPSA) is 88.8 Å². The molecule has 4 rings (SSSR count). The maximum atomic E-state index is 12.8. The molecule has 1 aromatic heterocycles. The summed E-state index contributed by atoms with van der Waals surface area (Å²) in [5, 5.41) is 10.3. The summed E-state index contributed by atoms with van der Waals surface area (Å²) in [5.41, 5.74) is 0.771. The molecule has 1 N–H and O–H groups in total. The van der Waals surface area contributed by atoms with Gasteiger partial charge in [0.2, 0.25) is 0 Å². The van der Waals surface area contributed by atoms with Crippen molar-refractivity contribution in [2.75, 3.05) is 13.1 Å². The molecule has 1 aromatic rings. The molecule has 2 amide bonds. The smallest absolute Gasteiger partial charge is 0.312 e. The molecule has 1 aliphatic carbocycles. The number of nitrogens with zero attached hydrogens (tertiary/aromatic N) is 4. The highest BCUT2D eigenvalue weighted by Crippen LogP contribution is 2.41. The minimum Gasteiger partial charge on any atom is -0.387 e. The van der Waals surface area contributed by atoms with Crippen molar-refractivity contribution in [1.29, 1.82) is 0 Å². The molecule has 27 heavy (non-hydrogen) atoms. The third-order valence-corrected chi connectivity index (χ3v) is 5.44. The summed E-state index contributed by atoms with van der Waals surface area (Å²) in [6.45, 7) is 0.580. The van der Waals surface area contributed by atoms with Crippen LogP contribution in [0.25, 0.3) is 0 Å². The second kappa shape index (κ2) is 6.58. The number of likely N-dealkylation sites (tertiary alicyclic amines) is 1. The van der Waals surface area contributed by atoms with Crippen molar-refractivity contribution in [2.24, 2.45) is 12.2 Å². The van der Waals surface area contributed by atoms with E-state index in [0.29, 0.717) is 12.3 Å². The quantitative estimate of drug-likeness (QED) is 0.786. The van der Waals surface area contributed by atoms with E-state index in [-0.39, 0.29) is 31.8 Å². The Kier molecular flexibility index (Phi) is 4.35. The van der Waals surface area contributed by atoms with E-state index in [1.807, 2.05) is 6.20 Å². The van der Waals surface area contributed by atoms with Crippen molar-refractivity contribution in [3.63, 3.8) is 0 Å². The fourth-order valence-electron chi connectivity index (χ4n) is 3.72. The summed E-state index contributed by atoms with van der Waals surface area (Å²) in [6.07, 6.45) is 1.73. The van der Waals surface area contributed by atoms with Crippen LogP contribution in [0.1, 0.15) is 42.9 Å². The number of aromatic nitrogens is 2. The van der Waals surface area contributed by atoms with Crippen LogP contribution in [0.5, 0.6) is 0 Å². The lowest BCUT2D eigenvalue weighted by molar-refractivity contribution is -0.146. The van der Waals surface area contributed by atoms with Crippen LogP contribution in [0.4, 0.5) is 8.78 Å². The highest BCUT2D eigenvalue weighted by atomic mass is 19.3. The summed E-state index contributed by atoms with van der Waals surface area (Å²) < 4.78 is 27.2. The van der Waals surface area contributed by atoms with Crippen LogP contribution < -0.4 is 5.32 Å². The molecular formula is C17H21F2N5O3. The summed E-state index contributed by atoms with van der Waals surface area (Å²) in [7, 11) is 1.80. The van der Waals surface area contributed by atoms with Crippen molar-refractivity contribution < 1.29 is 23.2 Å². The number of rotatable bonds is 4. The standard InChI is InChI=1S/C17H21F2N5O3/c1-23-13(11(7-21-23)10-2-3-10)8-20-15(25)16(26)24-5-4-17(9-24)6-12(14(18)19)22-27-17/h7,10,14H,2-6,8-9H2,1H3,(H,20,25). The Labute approximate surface area is 154 Å². The predicted molar refractivity (Wildman–Crippen MR) is 90.1 cm³/mol. The number of hydrogen-bond donors (Lipinski definition) is 1. The number of nitrogens with one attached hydrogen (secondary N) is 1. The Balaban J connectivity index is 1.33. The first-order valence-corrected chi connectivity index (χ1v) is 8.99. The van der Waals surface area contributed by atoms with Crippen LogP contribution in [-0.2, 0) is 28.0 Å².